The Hall–Kier alpha value is -1.59. The molecule has 0 bridgehead atoms. The molecule has 6 nitrogen and oxygen atoms in total. The third kappa shape index (κ3) is 3.88. The number of hydrogen-bond donors (Lipinski definition) is 2. The van der Waals surface area contributed by atoms with E-state index >= 15 is 0 Å². The summed E-state index contributed by atoms with van der Waals surface area (Å²) in [6.07, 6.45) is 0.424. The fourth-order valence-electron chi connectivity index (χ4n) is 0.752. The Morgan fingerprint density at radius 3 is 2.29 bits per heavy atom. The Kier molecular flexibility index (Phi) is 5.28. The average Bonchev–Trinajstić information content (AvgIpc) is 2.16. The Balaban J connectivity index is 4.04. The molecular weight excluding hydrogens is 188 g/mol. The van der Waals surface area contributed by atoms with E-state index in [0.717, 1.165) is 0 Å². The molecule has 2 N–H and O–H groups in total. The second-order valence-corrected chi connectivity index (χ2v) is 2.76. The predicted molar refractivity (Wildman–Crippen MR) is 48.3 cm³/mol. The van der Waals surface area contributed by atoms with Crippen molar-refractivity contribution in [3.05, 3.63) is 0 Å². The van der Waals surface area contributed by atoms with Gasteiger partial charge < -0.3 is 15.4 Å². The van der Waals surface area contributed by atoms with Gasteiger partial charge in [-0.1, -0.05) is 0 Å². The van der Waals surface area contributed by atoms with Crippen LogP contribution in [-0.4, -0.2) is 37.5 Å². The van der Waals surface area contributed by atoms with Gasteiger partial charge in [-0.3, -0.25) is 9.59 Å². The maximum Gasteiger partial charge on any atom is 0.328 e. The van der Waals surface area contributed by atoms with Gasteiger partial charge in [-0.25, -0.2) is 4.79 Å². The summed E-state index contributed by atoms with van der Waals surface area (Å²) >= 11 is 0. The van der Waals surface area contributed by atoms with E-state index in [-0.39, 0.29) is 0 Å². The van der Waals surface area contributed by atoms with Crippen LogP contribution >= 0.6 is 0 Å². The lowest BCUT2D eigenvalue weighted by molar-refractivity contribution is -0.144. The van der Waals surface area contributed by atoms with Gasteiger partial charge in [0, 0.05) is 0 Å². The summed E-state index contributed by atoms with van der Waals surface area (Å²) in [5.41, 5.74) is 0. The first-order valence-electron chi connectivity index (χ1n) is 4.10. The van der Waals surface area contributed by atoms with Crippen molar-refractivity contribution < 1.29 is 19.1 Å². The summed E-state index contributed by atoms with van der Waals surface area (Å²) in [5.74, 6) is -0.966. The molecule has 0 aromatic heterocycles. The van der Waals surface area contributed by atoms with Gasteiger partial charge in [0.1, 0.15) is 12.1 Å². The third-order valence-electron chi connectivity index (χ3n) is 1.62. The SMILES string of the molecule is COC(=O)[C@@H](C)NC(=O)[C@H](C)NC=O. The molecule has 6 heteroatoms. The maximum atomic E-state index is 11.2. The Morgan fingerprint density at radius 2 is 1.86 bits per heavy atom. The molecule has 0 saturated heterocycles. The molecule has 0 spiro atoms. The molecule has 0 aliphatic rings. The zero-order valence-corrected chi connectivity index (χ0v) is 8.37. The Bertz CT molecular complexity index is 229. The van der Waals surface area contributed by atoms with Crippen molar-refractivity contribution in [1.82, 2.24) is 10.6 Å². The first-order chi connectivity index (χ1) is 6.52. The molecular formula is C8H14N2O4. The largest absolute Gasteiger partial charge is 0.467 e. The number of methoxy groups -OCH3 is 1. The van der Waals surface area contributed by atoms with Crippen molar-refractivity contribution in [2.75, 3.05) is 7.11 Å². The average molecular weight is 202 g/mol. The third-order valence-corrected chi connectivity index (χ3v) is 1.62. The van der Waals surface area contributed by atoms with Crippen LogP contribution < -0.4 is 10.6 Å². The molecule has 0 aromatic carbocycles. The molecule has 2 amide bonds. The first kappa shape index (κ1) is 12.4. The standard InChI is InChI=1S/C8H14N2O4/c1-5(9-4-11)7(12)10-6(2)8(13)14-3/h4-6H,1-3H3,(H,9,11)(H,10,12)/t5-,6+/m0/s1. The van der Waals surface area contributed by atoms with Crippen LogP contribution in [0.5, 0.6) is 0 Å². The number of esters is 1. The lowest BCUT2D eigenvalue weighted by Gasteiger charge is -2.14. The zero-order chi connectivity index (χ0) is 11.1. The summed E-state index contributed by atoms with van der Waals surface area (Å²) in [6, 6.07) is -1.39. The number of amides is 2. The van der Waals surface area contributed by atoms with Crippen LogP contribution in [0.4, 0.5) is 0 Å². The van der Waals surface area contributed by atoms with Gasteiger partial charge in [-0.2, -0.15) is 0 Å². The van der Waals surface area contributed by atoms with Crippen LogP contribution in [0.15, 0.2) is 0 Å². The van der Waals surface area contributed by atoms with E-state index in [1.165, 1.54) is 21.0 Å². The van der Waals surface area contributed by atoms with Gasteiger partial charge in [0.05, 0.1) is 7.11 Å². The lowest BCUT2D eigenvalue weighted by atomic mass is 10.2. The minimum Gasteiger partial charge on any atom is -0.467 e. The van der Waals surface area contributed by atoms with Gasteiger partial charge >= 0.3 is 5.97 Å². The quantitative estimate of drug-likeness (QED) is 0.433. The molecule has 2 atom stereocenters. The molecule has 0 aromatic rings. The van der Waals surface area contributed by atoms with Crippen molar-refractivity contribution in [1.29, 1.82) is 0 Å². The van der Waals surface area contributed by atoms with E-state index in [2.05, 4.69) is 15.4 Å². The van der Waals surface area contributed by atoms with Crippen LogP contribution in [0.25, 0.3) is 0 Å². The summed E-state index contributed by atoms with van der Waals surface area (Å²) in [4.78, 5) is 32.1. The monoisotopic (exact) mass is 202 g/mol. The first-order valence-corrected chi connectivity index (χ1v) is 4.10. The van der Waals surface area contributed by atoms with Crippen molar-refractivity contribution in [2.24, 2.45) is 0 Å². The number of nitrogens with one attached hydrogen (secondary N) is 2. The minimum absolute atomic E-state index is 0.424. The summed E-state index contributed by atoms with van der Waals surface area (Å²) < 4.78 is 4.41. The fraction of sp³-hybridized carbons (Fsp3) is 0.625. The summed E-state index contributed by atoms with van der Waals surface area (Å²) in [6.45, 7) is 3.01. The fourth-order valence-corrected chi connectivity index (χ4v) is 0.752. The van der Waals surface area contributed by atoms with Crippen LogP contribution in [0.1, 0.15) is 13.8 Å². The molecule has 0 rings (SSSR count). The molecule has 0 radical (unpaired) electrons. The van der Waals surface area contributed by atoms with Gasteiger partial charge in [0.25, 0.3) is 0 Å². The molecule has 0 aliphatic carbocycles. The van der Waals surface area contributed by atoms with Gasteiger partial charge in [0.15, 0.2) is 0 Å². The smallest absolute Gasteiger partial charge is 0.328 e. The Labute approximate surface area is 82.0 Å². The highest BCUT2D eigenvalue weighted by Crippen LogP contribution is 1.88. The summed E-state index contributed by atoms with van der Waals surface area (Å²) in [7, 11) is 1.23. The van der Waals surface area contributed by atoms with Crippen molar-refractivity contribution >= 4 is 18.3 Å². The van der Waals surface area contributed by atoms with E-state index in [0.29, 0.717) is 6.41 Å². The highest BCUT2D eigenvalue weighted by atomic mass is 16.5. The summed E-state index contributed by atoms with van der Waals surface area (Å²) in [5, 5.41) is 4.64. The number of carbonyl (C=O) groups is 3. The predicted octanol–water partition coefficient (Wildman–Crippen LogP) is -1.20. The number of rotatable bonds is 5. The zero-order valence-electron chi connectivity index (χ0n) is 8.37. The lowest BCUT2D eigenvalue weighted by Crippen LogP contribution is -2.47. The highest BCUT2D eigenvalue weighted by molar-refractivity contribution is 5.87. The number of carbonyl (C=O) groups excluding carboxylic acids is 3. The second-order valence-electron chi connectivity index (χ2n) is 2.76. The van der Waals surface area contributed by atoms with E-state index in [1.54, 1.807) is 0 Å². The van der Waals surface area contributed by atoms with Gasteiger partial charge in [0.2, 0.25) is 12.3 Å². The van der Waals surface area contributed by atoms with E-state index in [4.69, 9.17) is 0 Å². The molecule has 0 saturated carbocycles. The molecule has 0 heterocycles. The minimum atomic E-state index is -0.719. The van der Waals surface area contributed by atoms with Crippen molar-refractivity contribution in [3.63, 3.8) is 0 Å². The van der Waals surface area contributed by atoms with Crippen LogP contribution in [0.3, 0.4) is 0 Å². The topological polar surface area (TPSA) is 84.5 Å². The maximum absolute atomic E-state index is 11.2. The number of hydrogen-bond acceptors (Lipinski definition) is 4. The Morgan fingerprint density at radius 1 is 1.29 bits per heavy atom. The highest BCUT2D eigenvalue weighted by Gasteiger charge is 2.19. The second kappa shape index (κ2) is 5.95. The number of ether oxygens (including phenoxy) is 1. The van der Waals surface area contributed by atoms with Gasteiger partial charge in [-0.05, 0) is 13.8 Å². The van der Waals surface area contributed by atoms with Crippen LogP contribution in [0.2, 0.25) is 0 Å². The van der Waals surface area contributed by atoms with Crippen LogP contribution in [-0.2, 0) is 19.1 Å². The molecule has 0 aliphatic heterocycles. The van der Waals surface area contributed by atoms with Crippen LogP contribution in [0, 0.1) is 0 Å². The van der Waals surface area contributed by atoms with E-state index in [1.807, 2.05) is 0 Å². The molecule has 80 valence electrons. The normalized spacial score (nSPS) is 13.6. The van der Waals surface area contributed by atoms with Gasteiger partial charge in [-0.15, -0.1) is 0 Å². The van der Waals surface area contributed by atoms with Crippen molar-refractivity contribution in [2.45, 2.75) is 25.9 Å². The molecule has 14 heavy (non-hydrogen) atoms. The van der Waals surface area contributed by atoms with E-state index in [9.17, 15) is 14.4 Å². The molecule has 0 unspecified atom stereocenters. The van der Waals surface area contributed by atoms with E-state index < -0.39 is 24.0 Å². The van der Waals surface area contributed by atoms with Crippen molar-refractivity contribution in [3.8, 4) is 0 Å². The molecule has 0 fully saturated rings.